The number of nitriles is 3. The molecule has 0 unspecified atom stereocenters. The Balaban J connectivity index is 1.33. The quantitative estimate of drug-likeness (QED) is 0.174. The van der Waals surface area contributed by atoms with E-state index < -0.39 is 11.7 Å². The van der Waals surface area contributed by atoms with Gasteiger partial charge in [0.25, 0.3) is 0 Å². The van der Waals surface area contributed by atoms with E-state index in [-0.39, 0.29) is 0 Å². The Kier molecular flexibility index (Phi) is 8.35. The molecule has 0 radical (unpaired) electrons. The first kappa shape index (κ1) is 36.0. The topological polar surface area (TPSA) is 81.2 Å². The third-order valence-electron chi connectivity index (χ3n) is 11.2. The molecule has 2 aromatic heterocycles. The number of hydrogen-bond donors (Lipinski definition) is 0. The molecule has 8 heteroatoms. The van der Waals surface area contributed by atoms with Crippen LogP contribution in [0, 0.1) is 34.0 Å². The minimum Gasteiger partial charge on any atom is -0.308 e. The van der Waals surface area contributed by atoms with Gasteiger partial charge in [-0.05, 0) is 101 Å². The normalized spacial score (nSPS) is 11.5. The highest BCUT2D eigenvalue weighted by molar-refractivity contribution is 6.13. The predicted octanol–water partition coefficient (Wildman–Crippen LogP) is 13.5. The van der Waals surface area contributed by atoms with Crippen LogP contribution in [-0.4, -0.2) is 9.13 Å². The molecule has 8 aromatic carbocycles. The molecule has 10 rings (SSSR count). The summed E-state index contributed by atoms with van der Waals surface area (Å²) in [6.45, 7) is 0. The molecule has 0 aliphatic carbocycles. The van der Waals surface area contributed by atoms with Crippen LogP contribution in [0.5, 0.6) is 0 Å². The maximum absolute atomic E-state index is 14.6. The average molecular weight is 780 g/mol. The Labute approximate surface area is 341 Å². The van der Waals surface area contributed by atoms with Gasteiger partial charge in [-0.25, -0.2) is 0 Å². The Morgan fingerprint density at radius 3 is 1.35 bits per heavy atom. The van der Waals surface area contributed by atoms with Gasteiger partial charge >= 0.3 is 6.18 Å². The highest BCUT2D eigenvalue weighted by atomic mass is 19.4. The highest BCUT2D eigenvalue weighted by Crippen LogP contribution is 2.45. The van der Waals surface area contributed by atoms with Crippen molar-refractivity contribution >= 4 is 43.6 Å². The maximum Gasteiger partial charge on any atom is 0.416 e. The van der Waals surface area contributed by atoms with Crippen molar-refractivity contribution in [2.75, 3.05) is 0 Å². The Morgan fingerprint density at radius 2 is 0.867 bits per heavy atom. The van der Waals surface area contributed by atoms with E-state index in [1.54, 1.807) is 30.3 Å². The van der Waals surface area contributed by atoms with Crippen molar-refractivity contribution < 1.29 is 13.2 Å². The van der Waals surface area contributed by atoms with Crippen LogP contribution in [0.3, 0.4) is 0 Å². The minimum absolute atomic E-state index is 0.312. The molecular formula is C52H28F3N5. The van der Waals surface area contributed by atoms with Crippen molar-refractivity contribution in [1.82, 2.24) is 9.13 Å². The van der Waals surface area contributed by atoms with Gasteiger partial charge < -0.3 is 9.13 Å². The van der Waals surface area contributed by atoms with Gasteiger partial charge in [0.15, 0.2) is 0 Å². The molecule has 0 fully saturated rings. The minimum atomic E-state index is -4.62. The average Bonchev–Trinajstić information content (AvgIpc) is 3.80. The van der Waals surface area contributed by atoms with Gasteiger partial charge in [0.2, 0.25) is 0 Å². The van der Waals surface area contributed by atoms with Crippen molar-refractivity contribution in [3.8, 4) is 63.0 Å². The van der Waals surface area contributed by atoms with Crippen LogP contribution < -0.4 is 0 Å². The van der Waals surface area contributed by atoms with E-state index in [1.165, 1.54) is 12.1 Å². The lowest BCUT2D eigenvalue weighted by atomic mass is 9.96. The molecular weight excluding hydrogens is 752 g/mol. The SMILES string of the molecule is N#Cc1cc(-n2c3ccccc3c3cc(-c4ccccc4C#N)ccc32)c(-c2cccc(C(F)(F)F)c2)c(-n2c3ccccc3c3cc(-c4ccccc4C#N)ccc32)c1. The zero-order valence-electron chi connectivity index (χ0n) is 31.5. The van der Waals surface area contributed by atoms with E-state index in [4.69, 9.17) is 0 Å². The van der Waals surface area contributed by atoms with Crippen LogP contribution in [0.25, 0.3) is 88.4 Å². The van der Waals surface area contributed by atoms with Gasteiger partial charge in [-0.1, -0.05) is 97.1 Å². The lowest BCUT2D eigenvalue weighted by molar-refractivity contribution is -0.137. The Bertz CT molecular complexity index is 3330. The molecule has 60 heavy (non-hydrogen) atoms. The van der Waals surface area contributed by atoms with Crippen LogP contribution in [0.4, 0.5) is 13.2 Å². The molecule has 0 atom stereocenters. The molecule has 0 aliphatic rings. The molecule has 0 saturated heterocycles. The zero-order chi connectivity index (χ0) is 41.1. The smallest absolute Gasteiger partial charge is 0.308 e. The van der Waals surface area contributed by atoms with Crippen LogP contribution in [0.15, 0.2) is 170 Å². The fraction of sp³-hybridized carbons (Fsp3) is 0.0192. The molecule has 282 valence electrons. The Morgan fingerprint density at radius 1 is 0.400 bits per heavy atom. The van der Waals surface area contributed by atoms with E-state index in [0.29, 0.717) is 39.2 Å². The number of hydrogen-bond acceptors (Lipinski definition) is 3. The molecule has 0 N–H and O–H groups in total. The summed E-state index contributed by atoms with van der Waals surface area (Å²) in [5.74, 6) is 0. The number of fused-ring (bicyclic) bond motifs is 6. The summed E-state index contributed by atoms with van der Waals surface area (Å²) in [5.41, 5.74) is 8.78. The number of nitrogens with zero attached hydrogens (tertiary/aromatic N) is 5. The number of aromatic nitrogens is 2. The zero-order valence-corrected chi connectivity index (χ0v) is 31.5. The van der Waals surface area contributed by atoms with Gasteiger partial charge in [0.1, 0.15) is 0 Å². The molecule has 0 saturated carbocycles. The summed E-state index contributed by atoms with van der Waals surface area (Å²) in [5, 5.41) is 34.1. The third-order valence-corrected chi connectivity index (χ3v) is 11.2. The molecule has 0 amide bonds. The van der Waals surface area contributed by atoms with Crippen molar-refractivity contribution in [3.63, 3.8) is 0 Å². The number of rotatable bonds is 5. The van der Waals surface area contributed by atoms with Crippen molar-refractivity contribution in [1.29, 1.82) is 15.8 Å². The molecule has 10 aromatic rings. The lowest BCUT2D eigenvalue weighted by Crippen LogP contribution is -2.07. The second-order valence-electron chi connectivity index (χ2n) is 14.6. The number of para-hydroxylation sites is 2. The van der Waals surface area contributed by atoms with E-state index in [0.717, 1.165) is 71.9 Å². The largest absolute Gasteiger partial charge is 0.416 e. The molecule has 0 spiro atoms. The van der Waals surface area contributed by atoms with Gasteiger partial charge in [0, 0.05) is 27.1 Å². The van der Waals surface area contributed by atoms with Crippen LogP contribution in [0.1, 0.15) is 22.3 Å². The second kappa shape index (κ2) is 13.9. The van der Waals surface area contributed by atoms with Crippen molar-refractivity contribution in [2.45, 2.75) is 6.18 Å². The summed E-state index contributed by atoms with van der Waals surface area (Å²) >= 11 is 0. The standard InChI is InChI=1S/C52H28F3N5/c53-52(54,55)38-13-9-12-35(26-38)51-49(59-45-18-7-5-16-41(45)43-27-33(20-22-47(43)59)39-14-3-1-10-36(39)30-57)24-32(29-56)25-50(51)60-46-19-8-6-17-42(46)44-28-34(21-23-48(44)60)40-15-4-2-11-37(40)31-58/h1-28H. The molecule has 0 bridgehead atoms. The lowest BCUT2D eigenvalue weighted by Gasteiger charge is -2.21. The van der Waals surface area contributed by atoms with Gasteiger partial charge in [-0.2, -0.15) is 29.0 Å². The second-order valence-corrected chi connectivity index (χ2v) is 14.6. The third kappa shape index (κ3) is 5.69. The van der Waals surface area contributed by atoms with E-state index in [9.17, 15) is 29.0 Å². The fourth-order valence-corrected chi connectivity index (χ4v) is 8.64. The summed E-state index contributed by atoms with van der Waals surface area (Å²) in [4.78, 5) is 0. The number of benzene rings is 8. The summed E-state index contributed by atoms with van der Waals surface area (Å²) in [6.07, 6.45) is -4.62. The highest BCUT2D eigenvalue weighted by Gasteiger charge is 2.32. The van der Waals surface area contributed by atoms with Crippen LogP contribution >= 0.6 is 0 Å². The summed E-state index contributed by atoms with van der Waals surface area (Å²) < 4.78 is 47.7. The van der Waals surface area contributed by atoms with Crippen molar-refractivity contribution in [3.05, 3.63) is 192 Å². The first-order valence-electron chi connectivity index (χ1n) is 19.1. The summed E-state index contributed by atoms with van der Waals surface area (Å²) in [7, 11) is 0. The van der Waals surface area contributed by atoms with Crippen molar-refractivity contribution in [2.24, 2.45) is 0 Å². The van der Waals surface area contributed by atoms with E-state index >= 15 is 0 Å². The first-order chi connectivity index (χ1) is 29.3. The molecule has 0 aliphatic heterocycles. The first-order valence-corrected chi connectivity index (χ1v) is 19.1. The number of alkyl halides is 3. The monoisotopic (exact) mass is 779 g/mol. The van der Waals surface area contributed by atoms with Crippen LogP contribution in [0.2, 0.25) is 0 Å². The maximum atomic E-state index is 14.6. The Hall–Kier alpha value is -8.38. The number of halogens is 3. The van der Waals surface area contributed by atoms with Crippen LogP contribution in [-0.2, 0) is 6.18 Å². The van der Waals surface area contributed by atoms with Gasteiger partial charge in [-0.3, -0.25) is 0 Å². The predicted molar refractivity (Wildman–Crippen MR) is 231 cm³/mol. The molecule has 2 heterocycles. The van der Waals surface area contributed by atoms with Gasteiger partial charge in [-0.15, -0.1) is 0 Å². The van der Waals surface area contributed by atoms with E-state index in [1.807, 2.05) is 130 Å². The summed E-state index contributed by atoms with van der Waals surface area (Å²) in [6, 6.07) is 58.1. The van der Waals surface area contributed by atoms with E-state index in [2.05, 4.69) is 18.2 Å². The van der Waals surface area contributed by atoms with Gasteiger partial charge in [0.05, 0.1) is 73.9 Å². The molecule has 5 nitrogen and oxygen atoms in total. The fourth-order valence-electron chi connectivity index (χ4n) is 8.64.